The molecular formula is C21H17F3N2O5S2. The van der Waals surface area contributed by atoms with E-state index in [0.29, 0.717) is 17.7 Å². The summed E-state index contributed by atoms with van der Waals surface area (Å²) in [4.78, 5) is 1.55. The summed E-state index contributed by atoms with van der Waals surface area (Å²) in [5.41, 5.74) is -0.335. The zero-order valence-electron chi connectivity index (χ0n) is 16.7. The molecule has 33 heavy (non-hydrogen) atoms. The van der Waals surface area contributed by atoms with Crippen LogP contribution in [0.25, 0.3) is 0 Å². The summed E-state index contributed by atoms with van der Waals surface area (Å²) in [5, 5.41) is 3.65. The van der Waals surface area contributed by atoms with Gasteiger partial charge in [0.15, 0.2) is 5.75 Å². The van der Waals surface area contributed by atoms with Gasteiger partial charge in [-0.2, -0.15) is 26.7 Å². The van der Waals surface area contributed by atoms with Gasteiger partial charge in [-0.3, -0.25) is 0 Å². The van der Waals surface area contributed by atoms with Gasteiger partial charge in [0.2, 0.25) is 0 Å². The molecule has 0 aliphatic heterocycles. The summed E-state index contributed by atoms with van der Waals surface area (Å²) in [6.07, 6.45) is -3.56. The van der Waals surface area contributed by atoms with Crippen molar-refractivity contribution in [2.24, 2.45) is 5.10 Å². The van der Waals surface area contributed by atoms with Crippen molar-refractivity contribution in [3.05, 3.63) is 95.6 Å². The molecule has 0 radical (unpaired) electrons. The fourth-order valence-electron chi connectivity index (χ4n) is 2.64. The second kappa shape index (κ2) is 9.63. The summed E-state index contributed by atoms with van der Waals surface area (Å²) >= 11 is 0. The summed E-state index contributed by atoms with van der Waals surface area (Å²) in [7, 11) is -8.27. The highest BCUT2D eigenvalue weighted by atomic mass is 32.2. The highest BCUT2D eigenvalue weighted by Gasteiger charge is 2.31. The van der Waals surface area contributed by atoms with Gasteiger partial charge in [0.1, 0.15) is 4.90 Å². The Bertz CT molecular complexity index is 1340. The van der Waals surface area contributed by atoms with Crippen LogP contribution in [-0.2, 0) is 32.1 Å². The van der Waals surface area contributed by atoms with Crippen LogP contribution >= 0.6 is 0 Å². The molecule has 0 amide bonds. The molecule has 0 bridgehead atoms. The first-order valence-corrected chi connectivity index (χ1v) is 12.3. The van der Waals surface area contributed by atoms with E-state index in [1.54, 1.807) is 30.3 Å². The maximum absolute atomic E-state index is 12.7. The van der Waals surface area contributed by atoms with Crippen molar-refractivity contribution in [2.75, 3.05) is 0 Å². The number of hydrazone groups is 1. The Hall–Kier alpha value is -3.38. The summed E-state index contributed by atoms with van der Waals surface area (Å²) in [5.74, 6) is -0.505. The number of hydrogen-bond donors (Lipinski definition) is 1. The van der Waals surface area contributed by atoms with Gasteiger partial charge in [-0.05, 0) is 42.0 Å². The summed E-state index contributed by atoms with van der Waals surface area (Å²) in [6, 6.07) is 17.0. The smallest absolute Gasteiger partial charge is 0.378 e. The maximum Gasteiger partial charge on any atom is 0.416 e. The van der Waals surface area contributed by atoms with E-state index >= 15 is 0 Å². The van der Waals surface area contributed by atoms with Crippen molar-refractivity contribution in [3.63, 3.8) is 0 Å². The van der Waals surface area contributed by atoms with Crippen molar-refractivity contribution in [1.82, 2.24) is 4.83 Å². The van der Waals surface area contributed by atoms with Crippen LogP contribution in [0.15, 0.2) is 88.9 Å². The van der Waals surface area contributed by atoms with Crippen LogP contribution in [-0.4, -0.2) is 23.1 Å². The zero-order valence-corrected chi connectivity index (χ0v) is 18.4. The molecule has 0 saturated carbocycles. The number of para-hydroxylation sites is 1. The second-order valence-corrected chi connectivity index (χ2v) is 9.94. The molecule has 12 heteroatoms. The number of halogens is 3. The Kier molecular flexibility index (Phi) is 7.08. The van der Waals surface area contributed by atoms with E-state index < -0.39 is 36.8 Å². The number of alkyl halides is 3. The molecule has 0 spiro atoms. The fourth-order valence-corrected chi connectivity index (χ4v) is 4.51. The number of sulfonamides is 1. The minimum Gasteiger partial charge on any atom is -0.378 e. The van der Waals surface area contributed by atoms with E-state index in [9.17, 15) is 30.0 Å². The number of nitrogens with zero attached hydrogens (tertiary/aromatic N) is 1. The molecule has 0 fully saturated rings. The topological polar surface area (TPSA) is 102 Å². The Morgan fingerprint density at radius 2 is 1.45 bits per heavy atom. The predicted octanol–water partition coefficient (Wildman–Crippen LogP) is 3.93. The van der Waals surface area contributed by atoms with E-state index in [1.165, 1.54) is 24.3 Å². The van der Waals surface area contributed by atoms with E-state index in [1.807, 2.05) is 4.83 Å². The molecule has 174 valence electrons. The van der Waals surface area contributed by atoms with Gasteiger partial charge in [-0.1, -0.05) is 42.5 Å². The molecule has 3 aromatic rings. The van der Waals surface area contributed by atoms with Crippen molar-refractivity contribution in [2.45, 2.75) is 16.8 Å². The molecule has 0 atom stereocenters. The Morgan fingerprint density at radius 3 is 2.09 bits per heavy atom. The van der Waals surface area contributed by atoms with Crippen LogP contribution in [0, 0.1) is 0 Å². The van der Waals surface area contributed by atoms with Gasteiger partial charge in [-0.15, -0.1) is 0 Å². The molecule has 0 aromatic heterocycles. The first-order valence-electron chi connectivity index (χ1n) is 9.23. The third-order valence-electron chi connectivity index (χ3n) is 4.18. The summed E-state index contributed by atoms with van der Waals surface area (Å²) < 4.78 is 92.4. The fraction of sp³-hybridized carbons (Fsp3) is 0.0952. The molecule has 7 nitrogen and oxygen atoms in total. The van der Waals surface area contributed by atoms with Crippen LogP contribution < -0.4 is 9.01 Å². The first-order chi connectivity index (χ1) is 15.5. The summed E-state index contributed by atoms with van der Waals surface area (Å²) in [6.45, 7) is 0. The van der Waals surface area contributed by atoms with Gasteiger partial charge in [0.05, 0.1) is 17.5 Å². The van der Waals surface area contributed by atoms with Crippen LogP contribution in [0.5, 0.6) is 5.75 Å². The van der Waals surface area contributed by atoms with Crippen molar-refractivity contribution in [3.8, 4) is 5.75 Å². The largest absolute Gasteiger partial charge is 0.416 e. The molecule has 0 unspecified atom stereocenters. The predicted molar refractivity (Wildman–Crippen MR) is 115 cm³/mol. The third-order valence-corrected chi connectivity index (χ3v) is 6.53. The highest BCUT2D eigenvalue weighted by molar-refractivity contribution is 7.88. The monoisotopic (exact) mass is 498 g/mol. The SMILES string of the molecule is O=S(=O)(Cc1ccccc1)NN=Cc1ccccc1OS(=O)(=O)c1ccc(C(F)(F)F)cc1. The van der Waals surface area contributed by atoms with Gasteiger partial charge in [0.25, 0.3) is 10.0 Å². The van der Waals surface area contributed by atoms with Crippen molar-refractivity contribution < 1.29 is 34.2 Å². The lowest BCUT2D eigenvalue weighted by Gasteiger charge is -2.11. The molecule has 0 aliphatic rings. The lowest BCUT2D eigenvalue weighted by atomic mass is 10.2. The third kappa shape index (κ3) is 6.80. The Balaban J connectivity index is 1.75. The molecule has 0 heterocycles. The first kappa shape index (κ1) is 24.3. The zero-order chi connectivity index (χ0) is 24.1. The number of rotatable bonds is 8. The molecule has 1 N–H and O–H groups in total. The number of nitrogens with one attached hydrogen (secondary N) is 1. The average Bonchev–Trinajstić information content (AvgIpc) is 2.74. The normalized spacial score (nSPS) is 12.6. The lowest BCUT2D eigenvalue weighted by molar-refractivity contribution is -0.137. The molecule has 0 aliphatic carbocycles. The Morgan fingerprint density at radius 1 is 0.848 bits per heavy atom. The van der Waals surface area contributed by atoms with E-state index in [4.69, 9.17) is 4.18 Å². The van der Waals surface area contributed by atoms with Crippen LogP contribution in [0.4, 0.5) is 13.2 Å². The van der Waals surface area contributed by atoms with Crippen LogP contribution in [0.3, 0.4) is 0 Å². The minimum absolute atomic E-state index is 0.121. The molecular weight excluding hydrogens is 481 g/mol. The quantitative estimate of drug-likeness (QED) is 0.288. The van der Waals surface area contributed by atoms with Crippen LogP contribution in [0.2, 0.25) is 0 Å². The van der Waals surface area contributed by atoms with Gasteiger partial charge < -0.3 is 4.18 Å². The Labute approximate surface area is 188 Å². The van der Waals surface area contributed by atoms with Gasteiger partial charge in [-0.25, -0.2) is 13.2 Å². The second-order valence-electron chi connectivity index (χ2n) is 6.69. The van der Waals surface area contributed by atoms with E-state index in [0.717, 1.165) is 18.3 Å². The van der Waals surface area contributed by atoms with Gasteiger partial charge >= 0.3 is 16.3 Å². The molecule has 3 aromatic carbocycles. The number of hydrogen-bond acceptors (Lipinski definition) is 6. The van der Waals surface area contributed by atoms with Crippen molar-refractivity contribution >= 4 is 26.4 Å². The minimum atomic E-state index is -4.61. The van der Waals surface area contributed by atoms with E-state index in [-0.39, 0.29) is 17.1 Å². The van der Waals surface area contributed by atoms with E-state index in [2.05, 4.69) is 5.10 Å². The lowest BCUT2D eigenvalue weighted by Crippen LogP contribution is -2.20. The van der Waals surface area contributed by atoms with Crippen molar-refractivity contribution in [1.29, 1.82) is 0 Å². The molecule has 3 rings (SSSR count). The maximum atomic E-state index is 12.7. The molecule has 0 saturated heterocycles. The average molecular weight is 499 g/mol. The standard InChI is InChI=1S/C21H17F3N2O5S2/c22-21(23,24)18-10-12-19(13-11-18)33(29,30)31-20-9-5-4-8-17(20)14-25-26-32(27,28)15-16-6-2-1-3-7-16/h1-14,26H,15H2. The van der Waals surface area contributed by atoms with Gasteiger partial charge in [0, 0.05) is 5.56 Å². The van der Waals surface area contributed by atoms with Crippen LogP contribution in [0.1, 0.15) is 16.7 Å². The highest BCUT2D eigenvalue weighted by Crippen LogP contribution is 2.30. The number of benzene rings is 3.